The van der Waals surface area contributed by atoms with Crippen LogP contribution in [0.4, 0.5) is 0 Å². The summed E-state index contributed by atoms with van der Waals surface area (Å²) in [6.07, 6.45) is 3.16. The molecule has 8 nitrogen and oxygen atoms in total. The zero-order valence-corrected chi connectivity index (χ0v) is 25.1. The second-order valence-electron chi connectivity index (χ2n) is 7.79. The molecule has 0 saturated heterocycles. The quantitative estimate of drug-likeness (QED) is 0.185. The van der Waals surface area contributed by atoms with Gasteiger partial charge in [0.05, 0.1) is 35.3 Å². The number of rotatable bonds is 10. The maximum Gasteiger partial charge on any atom is 0.346 e. The number of halogens is 3. The summed E-state index contributed by atoms with van der Waals surface area (Å²) in [7, 11) is 1.30. The van der Waals surface area contributed by atoms with Gasteiger partial charge in [-0.1, -0.05) is 29.3 Å². The lowest BCUT2D eigenvalue weighted by atomic mass is 10.2. The average molecular weight is 688 g/mol. The number of fused-ring (bicyclic) bond motifs is 1. The lowest BCUT2D eigenvalue weighted by Gasteiger charge is -2.19. The highest BCUT2D eigenvalue weighted by molar-refractivity contribution is 9.13. The van der Waals surface area contributed by atoms with Crippen LogP contribution < -0.4 is 15.0 Å². The van der Waals surface area contributed by atoms with Crippen LogP contribution in [0.25, 0.3) is 10.9 Å². The van der Waals surface area contributed by atoms with E-state index in [0.29, 0.717) is 55.8 Å². The van der Waals surface area contributed by atoms with Gasteiger partial charge in [0.2, 0.25) is 0 Å². The van der Waals surface area contributed by atoms with Gasteiger partial charge < -0.3 is 14.2 Å². The van der Waals surface area contributed by atoms with Crippen molar-refractivity contribution in [3.8, 4) is 11.5 Å². The van der Waals surface area contributed by atoms with Gasteiger partial charge in [0.15, 0.2) is 17.6 Å². The lowest BCUT2D eigenvalue weighted by molar-refractivity contribution is -0.148. The number of hydrogen-bond acceptors (Lipinski definition) is 7. The van der Waals surface area contributed by atoms with E-state index in [4.69, 9.17) is 19.2 Å². The zero-order chi connectivity index (χ0) is 26.4. The summed E-state index contributed by atoms with van der Waals surface area (Å²) >= 11 is 10.5. The number of aryl methyl sites for hydroxylation is 1. The second kappa shape index (κ2) is 12.8. The predicted octanol–water partition coefficient (Wildman–Crippen LogP) is 6.25. The van der Waals surface area contributed by atoms with Crippen LogP contribution >= 0.6 is 47.8 Å². The van der Waals surface area contributed by atoms with Gasteiger partial charge in [0.1, 0.15) is 5.82 Å². The molecule has 0 bridgehead atoms. The number of benzene rings is 2. The number of ether oxygens (including phenoxy) is 3. The summed E-state index contributed by atoms with van der Waals surface area (Å²) in [6.45, 7) is 5.89. The molecule has 0 N–H and O–H groups in total. The van der Waals surface area contributed by atoms with Gasteiger partial charge in [-0.3, -0.25) is 4.79 Å². The minimum atomic E-state index is -0.848. The normalized spacial score (nSPS) is 12.2. The van der Waals surface area contributed by atoms with E-state index < -0.39 is 12.1 Å². The standard InChI is InChI=1S/C25H26Br3N3O5/c1-5-7-8-20-30-18-10-9-16(26)12-17(18)24(32)31(20)29-13-15-11-19(35-6-2)23(22(28)21(15)27)36-14(3)25(33)34-4/h9-14H,5-8H2,1-4H3/t14-/m1/s1. The number of esters is 1. The van der Waals surface area contributed by atoms with Gasteiger partial charge in [0.25, 0.3) is 5.56 Å². The fourth-order valence-electron chi connectivity index (χ4n) is 3.39. The highest BCUT2D eigenvalue weighted by Gasteiger charge is 2.23. The Balaban J connectivity index is 2.11. The minimum Gasteiger partial charge on any atom is -0.490 e. The molecule has 0 unspecified atom stereocenters. The molecule has 3 aromatic rings. The van der Waals surface area contributed by atoms with Crippen molar-refractivity contribution >= 4 is 70.9 Å². The van der Waals surface area contributed by atoms with Crippen molar-refractivity contribution in [2.24, 2.45) is 5.10 Å². The van der Waals surface area contributed by atoms with Gasteiger partial charge in [-0.15, -0.1) is 0 Å². The smallest absolute Gasteiger partial charge is 0.346 e. The maximum atomic E-state index is 13.4. The molecule has 3 rings (SSSR count). The zero-order valence-electron chi connectivity index (χ0n) is 20.3. The van der Waals surface area contributed by atoms with Crippen molar-refractivity contribution in [3.63, 3.8) is 0 Å². The lowest BCUT2D eigenvalue weighted by Crippen LogP contribution is -2.25. The van der Waals surface area contributed by atoms with E-state index in [1.165, 1.54) is 11.8 Å². The molecule has 0 saturated carbocycles. The molecule has 1 atom stereocenters. The molecule has 0 aliphatic heterocycles. The second-order valence-corrected chi connectivity index (χ2v) is 10.3. The Kier molecular flexibility index (Phi) is 10.1. The molecule has 0 amide bonds. The molecule has 1 heterocycles. The van der Waals surface area contributed by atoms with Gasteiger partial charge in [-0.05, 0) is 76.4 Å². The summed E-state index contributed by atoms with van der Waals surface area (Å²) in [5, 5.41) is 4.99. The van der Waals surface area contributed by atoms with Gasteiger partial charge in [0, 0.05) is 20.9 Å². The number of carbonyl (C=O) groups excluding carboxylic acids is 1. The molecular formula is C25H26Br3N3O5. The van der Waals surface area contributed by atoms with Gasteiger partial charge in [-0.25, -0.2) is 9.78 Å². The van der Waals surface area contributed by atoms with Crippen LogP contribution in [0.3, 0.4) is 0 Å². The van der Waals surface area contributed by atoms with Crippen molar-refractivity contribution in [3.05, 3.63) is 59.4 Å². The molecule has 0 aliphatic carbocycles. The summed E-state index contributed by atoms with van der Waals surface area (Å²) in [6, 6.07) is 7.15. The largest absolute Gasteiger partial charge is 0.490 e. The number of unbranched alkanes of at least 4 members (excludes halogenated alkanes) is 1. The molecule has 2 aromatic carbocycles. The van der Waals surface area contributed by atoms with Gasteiger partial charge >= 0.3 is 5.97 Å². The summed E-state index contributed by atoms with van der Waals surface area (Å²) in [5.74, 6) is 0.821. The third kappa shape index (κ3) is 6.36. The Morgan fingerprint density at radius 3 is 2.61 bits per heavy atom. The highest BCUT2D eigenvalue weighted by atomic mass is 79.9. The van der Waals surface area contributed by atoms with Crippen molar-refractivity contribution in [2.45, 2.75) is 46.1 Å². The minimum absolute atomic E-state index is 0.254. The van der Waals surface area contributed by atoms with Crippen molar-refractivity contribution in [1.82, 2.24) is 9.66 Å². The van der Waals surface area contributed by atoms with E-state index in [9.17, 15) is 9.59 Å². The number of nitrogens with zero attached hydrogens (tertiary/aromatic N) is 3. The third-order valence-corrected chi connectivity index (χ3v) is 7.86. The molecule has 0 radical (unpaired) electrons. The van der Waals surface area contributed by atoms with Crippen LogP contribution in [0.5, 0.6) is 11.5 Å². The Morgan fingerprint density at radius 1 is 1.19 bits per heavy atom. The first-order valence-corrected chi connectivity index (χ1v) is 13.7. The van der Waals surface area contributed by atoms with E-state index in [0.717, 1.165) is 17.3 Å². The SMILES string of the molecule is CCCCc1nc2ccc(Br)cc2c(=O)n1N=Cc1cc(OCC)c(O[C@H](C)C(=O)OC)c(Br)c1Br. The fraction of sp³-hybridized carbons (Fsp3) is 0.360. The Hall–Kier alpha value is -2.24. The van der Waals surface area contributed by atoms with E-state index in [-0.39, 0.29) is 5.56 Å². The molecule has 192 valence electrons. The topological polar surface area (TPSA) is 92.0 Å². The third-order valence-electron chi connectivity index (χ3n) is 5.23. The van der Waals surface area contributed by atoms with E-state index >= 15 is 0 Å². The van der Waals surface area contributed by atoms with E-state index in [2.05, 4.69) is 59.8 Å². The first kappa shape index (κ1) is 28.3. The first-order chi connectivity index (χ1) is 17.2. The molecule has 36 heavy (non-hydrogen) atoms. The first-order valence-electron chi connectivity index (χ1n) is 11.4. The summed E-state index contributed by atoms with van der Waals surface area (Å²) in [5.41, 5.74) is 1.01. The number of hydrogen-bond donors (Lipinski definition) is 0. The highest BCUT2D eigenvalue weighted by Crippen LogP contribution is 2.43. The Morgan fingerprint density at radius 2 is 1.94 bits per heavy atom. The molecule has 0 fully saturated rings. The monoisotopic (exact) mass is 685 g/mol. The Labute approximate surface area is 234 Å². The summed E-state index contributed by atoms with van der Waals surface area (Å²) < 4.78 is 19.6. The Bertz CT molecular complexity index is 1360. The van der Waals surface area contributed by atoms with Crippen LogP contribution in [-0.4, -0.2) is 41.7 Å². The van der Waals surface area contributed by atoms with Crippen molar-refractivity contribution < 1.29 is 19.0 Å². The molecule has 0 spiro atoms. The van der Waals surface area contributed by atoms with Gasteiger partial charge in [-0.2, -0.15) is 9.78 Å². The van der Waals surface area contributed by atoms with E-state index in [1.807, 2.05) is 19.1 Å². The molecule has 11 heteroatoms. The number of carbonyl (C=O) groups is 1. The van der Waals surface area contributed by atoms with Crippen LogP contribution in [0.1, 0.15) is 45.0 Å². The maximum absolute atomic E-state index is 13.4. The fourth-order valence-corrected chi connectivity index (χ4v) is 4.67. The van der Waals surface area contributed by atoms with Crippen molar-refractivity contribution in [2.75, 3.05) is 13.7 Å². The number of methoxy groups -OCH3 is 1. The van der Waals surface area contributed by atoms with Crippen LogP contribution in [0.2, 0.25) is 0 Å². The summed E-state index contributed by atoms with van der Waals surface area (Å²) in [4.78, 5) is 29.9. The van der Waals surface area contributed by atoms with E-state index in [1.54, 1.807) is 25.3 Å². The van der Waals surface area contributed by atoms with Crippen LogP contribution in [-0.2, 0) is 16.0 Å². The van der Waals surface area contributed by atoms with Crippen molar-refractivity contribution in [1.29, 1.82) is 0 Å². The predicted molar refractivity (Wildman–Crippen MR) is 150 cm³/mol. The molecular weight excluding hydrogens is 662 g/mol. The van der Waals surface area contributed by atoms with Crippen LogP contribution in [0.15, 0.2) is 47.6 Å². The number of aromatic nitrogens is 2. The molecule has 0 aliphatic rings. The average Bonchev–Trinajstić information content (AvgIpc) is 2.87. The van der Waals surface area contributed by atoms with Crippen LogP contribution in [0, 0.1) is 0 Å². The molecule has 1 aromatic heterocycles.